The predicted octanol–water partition coefficient (Wildman–Crippen LogP) is 10.2. The van der Waals surface area contributed by atoms with Crippen LogP contribution in [0.3, 0.4) is 0 Å². The van der Waals surface area contributed by atoms with Gasteiger partial charge in [0, 0.05) is 61.0 Å². The number of H-pyrrole nitrogens is 1. The molecule has 3 aromatic carbocycles. The Bertz CT molecular complexity index is 3190. The Morgan fingerprint density at radius 2 is 1.53 bits per heavy atom. The molecule has 2 fully saturated rings. The van der Waals surface area contributed by atoms with Gasteiger partial charge >= 0.3 is 12.4 Å². The largest absolute Gasteiger partial charge is 0.475 e. The maximum atomic E-state index is 13.5. The minimum Gasteiger partial charge on any atom is -0.475 e. The monoisotopic (exact) mass is 1020 g/mol. The summed E-state index contributed by atoms with van der Waals surface area (Å²) in [6.45, 7) is 5.65. The number of pyridine rings is 2. The number of carbonyl (C=O) groups excluding carboxylic acids is 2. The van der Waals surface area contributed by atoms with Gasteiger partial charge in [0.05, 0.1) is 53.9 Å². The number of ether oxygens (including phenoxy) is 4. The highest BCUT2D eigenvalue weighted by Gasteiger charge is 2.37. The number of aliphatic hydroxyl groups excluding tert-OH is 1. The van der Waals surface area contributed by atoms with E-state index in [-0.39, 0.29) is 43.8 Å². The van der Waals surface area contributed by atoms with Crippen LogP contribution in [0.25, 0.3) is 33.3 Å². The number of rotatable bonds is 15. The number of nitrogens with one attached hydrogen (secondary N) is 3. The van der Waals surface area contributed by atoms with Gasteiger partial charge in [-0.2, -0.15) is 31.4 Å². The summed E-state index contributed by atoms with van der Waals surface area (Å²) >= 11 is 0. The van der Waals surface area contributed by atoms with Crippen molar-refractivity contribution in [3.05, 3.63) is 142 Å². The zero-order chi connectivity index (χ0) is 52.2. The molecule has 0 radical (unpaired) electrons. The number of aliphatic hydroxyl groups is 1. The second-order valence-corrected chi connectivity index (χ2v) is 18.3. The first-order valence-electron chi connectivity index (χ1n) is 23.8. The Morgan fingerprint density at radius 1 is 0.797 bits per heavy atom. The van der Waals surface area contributed by atoms with Crippen LogP contribution in [0.5, 0.6) is 5.88 Å². The van der Waals surface area contributed by atoms with Crippen molar-refractivity contribution in [1.82, 2.24) is 30.1 Å². The van der Waals surface area contributed by atoms with E-state index in [1.807, 2.05) is 19.9 Å². The van der Waals surface area contributed by atoms with Gasteiger partial charge in [0.25, 0.3) is 11.8 Å². The number of hydrogen-bond donors (Lipinski definition) is 4. The van der Waals surface area contributed by atoms with E-state index in [4.69, 9.17) is 28.9 Å². The first-order valence-corrected chi connectivity index (χ1v) is 23.8. The smallest absolute Gasteiger partial charge is 0.435 e. The van der Waals surface area contributed by atoms with Crippen LogP contribution in [0.1, 0.15) is 91.9 Å². The van der Waals surface area contributed by atoms with Crippen LogP contribution in [0, 0.1) is 13.8 Å². The van der Waals surface area contributed by atoms with Gasteiger partial charge in [-0.05, 0) is 139 Å². The summed E-state index contributed by atoms with van der Waals surface area (Å²) in [4.78, 5) is 43.4. The van der Waals surface area contributed by atoms with E-state index in [9.17, 15) is 41.0 Å². The van der Waals surface area contributed by atoms with Gasteiger partial charge in [-0.3, -0.25) is 14.6 Å². The molecule has 74 heavy (non-hydrogen) atoms. The number of amides is 2. The Morgan fingerprint density at radius 3 is 2.27 bits per heavy atom. The number of fused-ring (bicyclic) bond motifs is 1. The third-order valence-electron chi connectivity index (χ3n) is 13.2. The number of aryl methyl sites for hydroxylation is 2. The summed E-state index contributed by atoms with van der Waals surface area (Å²) < 4.78 is 105. The highest BCUT2D eigenvalue weighted by Crippen LogP contribution is 2.40. The highest BCUT2D eigenvalue weighted by molar-refractivity contribution is 6.05. The van der Waals surface area contributed by atoms with Gasteiger partial charge in [-0.15, -0.1) is 5.10 Å². The molecule has 2 aliphatic rings. The fourth-order valence-electron chi connectivity index (χ4n) is 9.19. The molecule has 7 aromatic rings. The SMILES string of the molecule is Cc1nc2c(-c3cc(NC(=O)c4cnnc(C(F)(F)F)c4)ccc3COCCOc3cc(-c4cc(NC(=O)c5cc(C(F)(F)F)ccn5)ccc4C)cc(C4(CO)CCOCC4)n3)cc(C3CCOCC3)cc2[nH]1. The number of hydrogen-bond acceptors (Lipinski definition) is 12. The summed E-state index contributed by atoms with van der Waals surface area (Å²) in [7, 11) is 0. The molecule has 0 bridgehead atoms. The molecule has 21 heteroatoms. The van der Waals surface area contributed by atoms with E-state index >= 15 is 0 Å². The van der Waals surface area contributed by atoms with Gasteiger partial charge in [0.1, 0.15) is 18.1 Å². The molecule has 386 valence electrons. The lowest BCUT2D eigenvalue weighted by atomic mass is 9.77. The van der Waals surface area contributed by atoms with Crippen LogP contribution >= 0.6 is 0 Å². The zero-order valence-electron chi connectivity index (χ0n) is 40.1. The summed E-state index contributed by atoms with van der Waals surface area (Å²) in [6.07, 6.45) is -5.00. The lowest BCUT2D eigenvalue weighted by Gasteiger charge is -2.35. The molecule has 4 N–H and O–H groups in total. The minimum atomic E-state index is -4.81. The van der Waals surface area contributed by atoms with E-state index < -0.39 is 46.5 Å². The van der Waals surface area contributed by atoms with E-state index in [1.165, 1.54) is 0 Å². The summed E-state index contributed by atoms with van der Waals surface area (Å²) in [5.74, 6) is -0.555. The van der Waals surface area contributed by atoms with Crippen molar-refractivity contribution in [3.8, 4) is 28.1 Å². The quantitative estimate of drug-likeness (QED) is 0.0561. The minimum absolute atomic E-state index is 0.0234. The molecule has 2 amide bonds. The average Bonchev–Trinajstić information content (AvgIpc) is 3.79. The number of aromatic amines is 1. The van der Waals surface area contributed by atoms with E-state index in [1.54, 1.807) is 42.5 Å². The first-order chi connectivity index (χ1) is 35.5. The first kappa shape index (κ1) is 51.6. The molecule has 0 spiro atoms. The van der Waals surface area contributed by atoms with E-state index in [0.29, 0.717) is 102 Å². The molecule has 0 unspecified atom stereocenters. The lowest BCUT2D eigenvalue weighted by molar-refractivity contribution is -0.141. The summed E-state index contributed by atoms with van der Waals surface area (Å²) in [5.41, 5.74) is 4.06. The Labute approximate surface area is 420 Å². The predicted molar refractivity (Wildman–Crippen MR) is 260 cm³/mol. The van der Waals surface area contributed by atoms with Gasteiger partial charge in [-0.25, -0.2) is 9.97 Å². The Kier molecular flexibility index (Phi) is 15.1. The van der Waals surface area contributed by atoms with Gasteiger partial charge < -0.3 is 39.7 Å². The fourth-order valence-corrected chi connectivity index (χ4v) is 9.19. The third kappa shape index (κ3) is 11.7. The number of halogens is 6. The van der Waals surface area contributed by atoms with E-state index in [2.05, 4.69) is 42.9 Å². The van der Waals surface area contributed by atoms with Crippen molar-refractivity contribution in [1.29, 1.82) is 0 Å². The maximum Gasteiger partial charge on any atom is 0.435 e. The molecule has 9 rings (SSSR count). The van der Waals surface area contributed by atoms with Crippen LogP contribution < -0.4 is 15.4 Å². The molecule has 6 heterocycles. The number of imidazole rings is 1. The molecule has 0 atom stereocenters. The molecular formula is C53H50F6N8O7. The van der Waals surface area contributed by atoms with Crippen molar-refractivity contribution >= 4 is 34.2 Å². The second kappa shape index (κ2) is 21.6. The number of nitrogens with zero attached hydrogens (tertiary/aromatic N) is 5. The normalized spacial score (nSPS) is 15.3. The highest BCUT2D eigenvalue weighted by atomic mass is 19.4. The van der Waals surface area contributed by atoms with Crippen LogP contribution in [0.4, 0.5) is 37.7 Å². The number of carbonyl (C=O) groups is 2. The average molecular weight is 1030 g/mol. The Balaban J connectivity index is 0.979. The number of benzene rings is 3. The van der Waals surface area contributed by atoms with Gasteiger partial charge in [0.15, 0.2) is 5.69 Å². The van der Waals surface area contributed by atoms with Crippen LogP contribution in [0.2, 0.25) is 0 Å². The number of anilines is 2. The molecule has 4 aromatic heterocycles. The Hall–Kier alpha value is -7.33. The van der Waals surface area contributed by atoms with Crippen LogP contribution in [-0.2, 0) is 38.6 Å². The van der Waals surface area contributed by atoms with Crippen LogP contribution in [-0.4, -0.2) is 93.3 Å². The molecular weight excluding hydrogens is 975 g/mol. The zero-order valence-corrected chi connectivity index (χ0v) is 40.1. The van der Waals surface area contributed by atoms with Gasteiger partial charge in [-0.1, -0.05) is 12.1 Å². The summed E-state index contributed by atoms with van der Waals surface area (Å²) in [6, 6.07) is 20.0. The number of aromatic nitrogens is 6. The van der Waals surface area contributed by atoms with Crippen molar-refractivity contribution < 1.29 is 60.0 Å². The summed E-state index contributed by atoms with van der Waals surface area (Å²) in [5, 5.41) is 22.7. The molecule has 0 aliphatic carbocycles. The second-order valence-electron chi connectivity index (χ2n) is 18.3. The third-order valence-corrected chi connectivity index (χ3v) is 13.2. The molecule has 0 saturated carbocycles. The lowest BCUT2D eigenvalue weighted by Crippen LogP contribution is -2.38. The maximum absolute atomic E-state index is 13.5. The number of alkyl halides is 6. The van der Waals surface area contributed by atoms with Crippen molar-refractivity contribution in [3.63, 3.8) is 0 Å². The van der Waals surface area contributed by atoms with Crippen molar-refractivity contribution in [2.45, 2.75) is 69.8 Å². The van der Waals surface area contributed by atoms with Crippen molar-refractivity contribution in [2.75, 3.05) is 56.9 Å². The molecule has 15 nitrogen and oxygen atoms in total. The molecule has 2 aliphatic heterocycles. The van der Waals surface area contributed by atoms with Gasteiger partial charge in [0.2, 0.25) is 5.88 Å². The van der Waals surface area contributed by atoms with Crippen LogP contribution in [0.15, 0.2) is 91.3 Å². The topological polar surface area (TPSA) is 196 Å². The standard InChI is InChI=1S/C53H50F6N8O7/c1-30-3-5-38(65-50(70)44-24-37(7-12-60-44)52(54,55)56)25-40(30)35-21-45(51(29-68)10-15-72-16-11-51)66-47(23-35)74-18-17-73-28-33-4-6-39(64-49(69)36-22-46(53(57,58)59)67-61-27-36)26-41(33)42-19-34(32-8-13-71-14-9-32)20-43-48(42)63-31(2)62-43/h3-7,12,19-27,32,68H,8-11,13-18,28-29H2,1-2H3,(H,62,63)(H,64,69)(H,65,70). The molecule has 2 saturated heterocycles. The fraction of sp³-hybridized carbons (Fsp3) is 0.340. The van der Waals surface area contributed by atoms with Crippen molar-refractivity contribution in [2.24, 2.45) is 0 Å². The van der Waals surface area contributed by atoms with E-state index in [0.717, 1.165) is 53.5 Å².